The van der Waals surface area contributed by atoms with Crippen LogP contribution in [0.4, 0.5) is 4.39 Å². The van der Waals surface area contributed by atoms with Crippen LogP contribution in [0.5, 0.6) is 0 Å². The number of aromatic nitrogens is 3. The van der Waals surface area contributed by atoms with Gasteiger partial charge in [0.2, 0.25) is 0 Å². The highest BCUT2D eigenvalue weighted by Gasteiger charge is 2.35. The summed E-state index contributed by atoms with van der Waals surface area (Å²) in [4.78, 5) is 14.6. The Morgan fingerprint density at radius 1 is 1.35 bits per heavy atom. The molecule has 6 nitrogen and oxygen atoms in total. The molecule has 26 heavy (non-hydrogen) atoms. The van der Waals surface area contributed by atoms with Crippen molar-refractivity contribution in [3.8, 4) is 0 Å². The fourth-order valence-corrected chi connectivity index (χ4v) is 3.76. The highest BCUT2D eigenvalue weighted by atomic mass is 19.1. The number of carbonyl (C=O) groups is 1. The first-order valence-corrected chi connectivity index (χ1v) is 8.65. The van der Waals surface area contributed by atoms with E-state index in [0.29, 0.717) is 30.6 Å². The standard InChI is InChI=1S/C19H21FN4O2/c1-11-5-15(22-21-11)7-13-9-24(10-18(13)25)19(26)17-8-12-6-14(20)3-4-16(12)23(17)2/h3-6,8,13,18,25H,7,9-10H2,1-2H3,(H,21,22)/t13-,18+/m1/s1. The highest BCUT2D eigenvalue weighted by molar-refractivity contribution is 5.98. The molecule has 2 aromatic heterocycles. The molecule has 4 rings (SSSR count). The summed E-state index contributed by atoms with van der Waals surface area (Å²) >= 11 is 0. The Labute approximate surface area is 150 Å². The van der Waals surface area contributed by atoms with Gasteiger partial charge in [-0.25, -0.2) is 4.39 Å². The topological polar surface area (TPSA) is 74.2 Å². The molecule has 3 aromatic rings. The predicted molar refractivity (Wildman–Crippen MR) is 95.3 cm³/mol. The van der Waals surface area contributed by atoms with Gasteiger partial charge >= 0.3 is 0 Å². The molecule has 1 aliphatic heterocycles. The fourth-order valence-electron chi connectivity index (χ4n) is 3.76. The van der Waals surface area contributed by atoms with Crippen LogP contribution < -0.4 is 0 Å². The van der Waals surface area contributed by atoms with Crippen LogP contribution in [0.1, 0.15) is 21.9 Å². The lowest BCUT2D eigenvalue weighted by atomic mass is 10.0. The number of fused-ring (bicyclic) bond motifs is 1. The third kappa shape index (κ3) is 2.88. The number of aromatic amines is 1. The van der Waals surface area contributed by atoms with E-state index < -0.39 is 6.10 Å². The van der Waals surface area contributed by atoms with Crippen molar-refractivity contribution in [1.82, 2.24) is 19.7 Å². The van der Waals surface area contributed by atoms with Crippen molar-refractivity contribution in [3.63, 3.8) is 0 Å². The van der Waals surface area contributed by atoms with Crippen molar-refractivity contribution >= 4 is 16.8 Å². The number of aryl methyl sites for hydroxylation is 2. The monoisotopic (exact) mass is 356 g/mol. The molecule has 2 N–H and O–H groups in total. The maximum atomic E-state index is 13.4. The van der Waals surface area contributed by atoms with Crippen LogP contribution in [0.15, 0.2) is 30.3 Å². The lowest BCUT2D eigenvalue weighted by Crippen LogP contribution is -2.31. The Kier molecular flexibility index (Phi) is 4.03. The SMILES string of the molecule is Cc1cc(C[C@@H]2CN(C(=O)c3cc4cc(F)ccc4n3C)C[C@@H]2O)n[nH]1. The molecule has 2 atom stereocenters. The summed E-state index contributed by atoms with van der Waals surface area (Å²) < 4.78 is 15.2. The molecule has 1 amide bonds. The second-order valence-electron chi connectivity index (χ2n) is 7.08. The second kappa shape index (κ2) is 6.25. The van der Waals surface area contributed by atoms with E-state index in [0.717, 1.165) is 16.9 Å². The van der Waals surface area contributed by atoms with E-state index in [1.54, 1.807) is 28.6 Å². The molecule has 0 spiro atoms. The number of amides is 1. The van der Waals surface area contributed by atoms with E-state index in [4.69, 9.17) is 0 Å². The molecule has 0 unspecified atom stereocenters. The summed E-state index contributed by atoms with van der Waals surface area (Å²) in [7, 11) is 1.80. The van der Waals surface area contributed by atoms with Gasteiger partial charge < -0.3 is 14.6 Å². The second-order valence-corrected chi connectivity index (χ2v) is 7.08. The minimum absolute atomic E-state index is 0.0474. The third-order valence-electron chi connectivity index (χ3n) is 5.15. The van der Waals surface area contributed by atoms with Gasteiger partial charge in [0.15, 0.2) is 0 Å². The van der Waals surface area contributed by atoms with Gasteiger partial charge in [0, 0.05) is 42.7 Å². The van der Waals surface area contributed by atoms with Gasteiger partial charge in [0.25, 0.3) is 5.91 Å². The van der Waals surface area contributed by atoms with Crippen LogP contribution in [0.25, 0.3) is 10.9 Å². The number of carbonyl (C=O) groups excluding carboxylic acids is 1. The smallest absolute Gasteiger partial charge is 0.270 e. The Morgan fingerprint density at radius 3 is 2.88 bits per heavy atom. The molecule has 0 bridgehead atoms. The van der Waals surface area contributed by atoms with Crippen LogP contribution in [0.2, 0.25) is 0 Å². The number of β-amino-alcohol motifs (C(OH)–C–C–N with tert-alkyl or cyclic N) is 1. The largest absolute Gasteiger partial charge is 0.391 e. The number of benzene rings is 1. The number of halogens is 1. The number of nitrogens with zero attached hydrogens (tertiary/aromatic N) is 3. The van der Waals surface area contributed by atoms with Crippen molar-refractivity contribution < 1.29 is 14.3 Å². The Balaban J connectivity index is 1.54. The maximum absolute atomic E-state index is 13.4. The molecule has 0 saturated carbocycles. The molecule has 1 aliphatic rings. The quantitative estimate of drug-likeness (QED) is 0.754. The van der Waals surface area contributed by atoms with Gasteiger partial charge in [-0.2, -0.15) is 5.10 Å². The number of nitrogens with one attached hydrogen (secondary N) is 1. The van der Waals surface area contributed by atoms with Crippen molar-refractivity contribution in [2.45, 2.75) is 19.4 Å². The Morgan fingerprint density at radius 2 is 2.15 bits per heavy atom. The third-order valence-corrected chi connectivity index (χ3v) is 5.15. The normalized spacial score (nSPS) is 20.2. The van der Waals surface area contributed by atoms with Crippen LogP contribution in [0, 0.1) is 18.7 Å². The molecule has 1 fully saturated rings. The van der Waals surface area contributed by atoms with Crippen LogP contribution in [0.3, 0.4) is 0 Å². The summed E-state index contributed by atoms with van der Waals surface area (Å²) in [5.41, 5.74) is 3.16. The Hall–Kier alpha value is -2.67. The van der Waals surface area contributed by atoms with Crippen molar-refractivity contribution in [3.05, 3.63) is 53.2 Å². The van der Waals surface area contributed by atoms with E-state index >= 15 is 0 Å². The fraction of sp³-hybridized carbons (Fsp3) is 0.368. The summed E-state index contributed by atoms with van der Waals surface area (Å²) in [6.07, 6.45) is 0.0402. The van der Waals surface area contributed by atoms with Crippen molar-refractivity contribution in [1.29, 1.82) is 0 Å². The molecule has 3 heterocycles. The van der Waals surface area contributed by atoms with Gasteiger partial charge in [-0.1, -0.05) is 0 Å². The van der Waals surface area contributed by atoms with Crippen LogP contribution in [-0.4, -0.2) is 49.9 Å². The number of hydrogen-bond acceptors (Lipinski definition) is 3. The summed E-state index contributed by atoms with van der Waals surface area (Å²) in [6, 6.07) is 8.14. The molecule has 0 radical (unpaired) electrons. The number of aliphatic hydroxyl groups excluding tert-OH is 1. The van der Waals surface area contributed by atoms with Crippen LogP contribution >= 0.6 is 0 Å². The van der Waals surface area contributed by atoms with Gasteiger partial charge in [0.05, 0.1) is 11.8 Å². The average Bonchev–Trinajstić information content (AvgIpc) is 3.26. The van der Waals surface area contributed by atoms with E-state index in [2.05, 4.69) is 10.2 Å². The van der Waals surface area contributed by atoms with E-state index in [-0.39, 0.29) is 17.6 Å². The summed E-state index contributed by atoms with van der Waals surface area (Å²) in [5.74, 6) is -0.523. The zero-order valence-electron chi connectivity index (χ0n) is 14.7. The molecule has 7 heteroatoms. The molecular weight excluding hydrogens is 335 g/mol. The van der Waals surface area contributed by atoms with E-state index in [1.165, 1.54) is 12.1 Å². The summed E-state index contributed by atoms with van der Waals surface area (Å²) in [6.45, 7) is 2.70. The minimum Gasteiger partial charge on any atom is -0.391 e. The summed E-state index contributed by atoms with van der Waals surface area (Å²) in [5, 5.41) is 18.2. The van der Waals surface area contributed by atoms with Gasteiger partial charge in [-0.15, -0.1) is 0 Å². The number of H-pyrrole nitrogens is 1. The number of hydrogen-bond donors (Lipinski definition) is 2. The lowest BCUT2D eigenvalue weighted by molar-refractivity contribution is 0.0756. The zero-order chi connectivity index (χ0) is 18.4. The average molecular weight is 356 g/mol. The molecule has 1 saturated heterocycles. The first-order valence-electron chi connectivity index (χ1n) is 8.65. The molecule has 1 aromatic carbocycles. The molecular formula is C19H21FN4O2. The zero-order valence-corrected chi connectivity index (χ0v) is 14.7. The van der Waals surface area contributed by atoms with Crippen molar-refractivity contribution in [2.24, 2.45) is 13.0 Å². The first-order chi connectivity index (χ1) is 12.4. The van der Waals surface area contributed by atoms with Crippen LogP contribution in [-0.2, 0) is 13.5 Å². The molecule has 0 aliphatic carbocycles. The highest BCUT2D eigenvalue weighted by Crippen LogP contribution is 2.25. The van der Waals surface area contributed by atoms with E-state index in [9.17, 15) is 14.3 Å². The van der Waals surface area contributed by atoms with Gasteiger partial charge in [-0.05, 0) is 43.7 Å². The van der Waals surface area contributed by atoms with Crippen molar-refractivity contribution in [2.75, 3.05) is 13.1 Å². The first kappa shape index (κ1) is 16.8. The lowest BCUT2D eigenvalue weighted by Gasteiger charge is -2.16. The Bertz CT molecular complexity index is 977. The van der Waals surface area contributed by atoms with Gasteiger partial charge in [-0.3, -0.25) is 9.89 Å². The van der Waals surface area contributed by atoms with E-state index in [1.807, 2.05) is 13.0 Å². The number of rotatable bonds is 3. The minimum atomic E-state index is -0.580. The molecule has 136 valence electrons. The van der Waals surface area contributed by atoms with Gasteiger partial charge in [0.1, 0.15) is 11.5 Å². The maximum Gasteiger partial charge on any atom is 0.270 e. The predicted octanol–water partition coefficient (Wildman–Crippen LogP) is 2.02. The number of aliphatic hydroxyl groups is 1. The number of likely N-dealkylation sites (tertiary alicyclic amines) is 1.